The summed E-state index contributed by atoms with van der Waals surface area (Å²) < 4.78 is 5.40. The fraction of sp³-hybridized carbons (Fsp3) is 0.524. The van der Waals surface area contributed by atoms with Crippen LogP contribution in [0.25, 0.3) is 0 Å². The highest BCUT2D eigenvalue weighted by Gasteiger charge is 2.22. The molecule has 1 aliphatic carbocycles. The van der Waals surface area contributed by atoms with Crippen LogP contribution in [0.1, 0.15) is 46.3 Å². The monoisotopic (exact) mass is 385 g/mol. The third kappa shape index (κ3) is 4.57. The Morgan fingerprint density at radius 3 is 3.04 bits per heavy atom. The summed E-state index contributed by atoms with van der Waals surface area (Å²) in [6.07, 6.45) is 4.57. The molecule has 1 fully saturated rings. The molecule has 27 heavy (non-hydrogen) atoms. The molecular formula is C21H27N3O2S. The van der Waals surface area contributed by atoms with Gasteiger partial charge in [0.2, 0.25) is 0 Å². The summed E-state index contributed by atoms with van der Waals surface area (Å²) in [6, 6.07) is 7.91. The first-order valence-electron chi connectivity index (χ1n) is 9.90. The number of benzene rings is 1. The van der Waals surface area contributed by atoms with Crippen LogP contribution in [0.3, 0.4) is 0 Å². The van der Waals surface area contributed by atoms with Gasteiger partial charge in [-0.1, -0.05) is 25.5 Å². The van der Waals surface area contributed by atoms with Crippen LogP contribution >= 0.6 is 11.3 Å². The van der Waals surface area contributed by atoms with E-state index in [1.54, 1.807) is 11.3 Å². The Labute approximate surface area is 164 Å². The first-order chi connectivity index (χ1) is 13.2. The molecule has 6 heteroatoms. The molecule has 4 rings (SSSR count). The first-order valence-corrected chi connectivity index (χ1v) is 10.7. The lowest BCUT2D eigenvalue weighted by atomic mass is 9.89. The third-order valence-electron chi connectivity index (χ3n) is 5.54. The Morgan fingerprint density at radius 2 is 2.22 bits per heavy atom. The molecule has 1 aliphatic heterocycles. The molecule has 2 aromatic rings. The van der Waals surface area contributed by atoms with Crippen LogP contribution in [0.5, 0.6) is 0 Å². The van der Waals surface area contributed by atoms with Crippen molar-refractivity contribution in [1.29, 1.82) is 0 Å². The number of thiazole rings is 1. The average Bonchev–Trinajstić information content (AvgIpc) is 3.10. The fourth-order valence-electron chi connectivity index (χ4n) is 3.84. The number of aryl methyl sites for hydroxylation is 1. The van der Waals surface area contributed by atoms with Gasteiger partial charge < -0.3 is 4.74 Å². The number of anilines is 1. The minimum Gasteiger partial charge on any atom is -0.379 e. The van der Waals surface area contributed by atoms with Crippen molar-refractivity contribution in [1.82, 2.24) is 9.88 Å². The summed E-state index contributed by atoms with van der Waals surface area (Å²) in [5, 5.41) is 3.75. The van der Waals surface area contributed by atoms with Gasteiger partial charge in [0, 0.05) is 30.1 Å². The van der Waals surface area contributed by atoms with Crippen LogP contribution in [0.4, 0.5) is 5.13 Å². The van der Waals surface area contributed by atoms with E-state index in [0.717, 1.165) is 62.3 Å². The molecule has 1 unspecified atom stereocenters. The van der Waals surface area contributed by atoms with Crippen LogP contribution in [0.2, 0.25) is 0 Å². The van der Waals surface area contributed by atoms with E-state index >= 15 is 0 Å². The van der Waals surface area contributed by atoms with Gasteiger partial charge in [-0.05, 0) is 42.9 Å². The SMILES string of the molecule is CCC1CCc2nc(NC(=O)c3cccc(CN4CCOCC4)c3)sc2C1. The van der Waals surface area contributed by atoms with Gasteiger partial charge in [0.25, 0.3) is 5.91 Å². The van der Waals surface area contributed by atoms with Crippen LogP contribution < -0.4 is 5.32 Å². The smallest absolute Gasteiger partial charge is 0.257 e. The van der Waals surface area contributed by atoms with E-state index in [0.29, 0.717) is 5.56 Å². The van der Waals surface area contributed by atoms with E-state index in [2.05, 4.69) is 28.2 Å². The Balaban J connectivity index is 1.41. The van der Waals surface area contributed by atoms with E-state index in [9.17, 15) is 4.79 Å². The molecule has 0 radical (unpaired) electrons. The zero-order valence-electron chi connectivity index (χ0n) is 15.9. The summed E-state index contributed by atoms with van der Waals surface area (Å²) in [6.45, 7) is 6.57. The normalized spacial score (nSPS) is 20.3. The zero-order valence-corrected chi connectivity index (χ0v) is 16.7. The predicted octanol–water partition coefficient (Wildman–Crippen LogP) is 3.74. The number of morpholine rings is 1. The second kappa shape index (κ2) is 8.50. The molecule has 1 aromatic heterocycles. The minimum atomic E-state index is -0.0723. The molecule has 1 N–H and O–H groups in total. The second-order valence-corrected chi connectivity index (χ2v) is 8.53. The number of nitrogens with one attached hydrogen (secondary N) is 1. The lowest BCUT2D eigenvalue weighted by Crippen LogP contribution is -2.35. The maximum atomic E-state index is 12.7. The zero-order chi connectivity index (χ0) is 18.6. The number of fused-ring (bicyclic) bond motifs is 1. The molecule has 5 nitrogen and oxygen atoms in total. The predicted molar refractivity (Wildman–Crippen MR) is 108 cm³/mol. The molecule has 2 heterocycles. The molecule has 1 saturated heterocycles. The number of aromatic nitrogens is 1. The summed E-state index contributed by atoms with van der Waals surface area (Å²) in [4.78, 5) is 21.1. The summed E-state index contributed by atoms with van der Waals surface area (Å²) in [5.74, 6) is 0.690. The lowest BCUT2D eigenvalue weighted by molar-refractivity contribution is 0.0342. The van der Waals surface area contributed by atoms with E-state index in [1.165, 1.54) is 23.4 Å². The van der Waals surface area contributed by atoms with E-state index < -0.39 is 0 Å². The van der Waals surface area contributed by atoms with Gasteiger partial charge in [-0.2, -0.15) is 0 Å². The Kier molecular flexibility index (Phi) is 5.86. The number of rotatable bonds is 5. The van der Waals surface area contributed by atoms with Crippen molar-refractivity contribution in [2.45, 2.75) is 39.2 Å². The Hall–Kier alpha value is -1.76. The summed E-state index contributed by atoms with van der Waals surface area (Å²) in [7, 11) is 0. The maximum absolute atomic E-state index is 12.7. The molecule has 0 saturated carbocycles. The number of carbonyl (C=O) groups excluding carboxylic acids is 1. The summed E-state index contributed by atoms with van der Waals surface area (Å²) >= 11 is 1.64. The van der Waals surface area contributed by atoms with Crippen LogP contribution in [-0.2, 0) is 24.1 Å². The molecule has 0 spiro atoms. The number of amides is 1. The molecule has 1 amide bonds. The number of ether oxygens (including phenoxy) is 1. The number of hydrogen-bond acceptors (Lipinski definition) is 5. The van der Waals surface area contributed by atoms with Crippen molar-refractivity contribution < 1.29 is 9.53 Å². The number of carbonyl (C=O) groups is 1. The fourth-order valence-corrected chi connectivity index (χ4v) is 4.96. The van der Waals surface area contributed by atoms with Crippen LogP contribution in [0.15, 0.2) is 24.3 Å². The second-order valence-electron chi connectivity index (χ2n) is 7.45. The first kappa shape index (κ1) is 18.6. The Bertz CT molecular complexity index is 798. The van der Waals surface area contributed by atoms with E-state index in [1.807, 2.05) is 18.2 Å². The maximum Gasteiger partial charge on any atom is 0.257 e. The van der Waals surface area contributed by atoms with Crippen molar-refractivity contribution in [2.75, 3.05) is 31.6 Å². The highest BCUT2D eigenvalue weighted by atomic mass is 32.1. The quantitative estimate of drug-likeness (QED) is 0.852. The van der Waals surface area contributed by atoms with Gasteiger partial charge in [-0.25, -0.2) is 4.98 Å². The van der Waals surface area contributed by atoms with E-state index in [-0.39, 0.29) is 5.91 Å². The standard InChI is InChI=1S/C21H27N3O2S/c1-2-15-6-7-18-19(13-15)27-21(22-18)23-20(25)17-5-3-4-16(12-17)14-24-8-10-26-11-9-24/h3-5,12,15H,2,6-11,13-14H2,1H3,(H,22,23,25). The van der Waals surface area contributed by atoms with Gasteiger partial charge in [0.05, 0.1) is 18.9 Å². The molecular weight excluding hydrogens is 358 g/mol. The van der Waals surface area contributed by atoms with Crippen molar-refractivity contribution in [2.24, 2.45) is 5.92 Å². The highest BCUT2D eigenvalue weighted by Crippen LogP contribution is 2.33. The third-order valence-corrected chi connectivity index (χ3v) is 6.57. The molecule has 1 aromatic carbocycles. The van der Waals surface area contributed by atoms with Crippen LogP contribution in [-0.4, -0.2) is 42.1 Å². The highest BCUT2D eigenvalue weighted by molar-refractivity contribution is 7.15. The summed E-state index contributed by atoms with van der Waals surface area (Å²) in [5.41, 5.74) is 3.04. The van der Waals surface area contributed by atoms with E-state index in [4.69, 9.17) is 4.74 Å². The van der Waals surface area contributed by atoms with Crippen molar-refractivity contribution in [3.63, 3.8) is 0 Å². The number of nitrogens with zero attached hydrogens (tertiary/aromatic N) is 2. The van der Waals surface area contributed by atoms with Crippen molar-refractivity contribution >= 4 is 22.4 Å². The van der Waals surface area contributed by atoms with Crippen molar-refractivity contribution in [3.8, 4) is 0 Å². The molecule has 0 bridgehead atoms. The number of hydrogen-bond donors (Lipinski definition) is 1. The minimum absolute atomic E-state index is 0.0723. The van der Waals surface area contributed by atoms with Gasteiger partial charge in [0.15, 0.2) is 5.13 Å². The Morgan fingerprint density at radius 1 is 1.37 bits per heavy atom. The van der Waals surface area contributed by atoms with Gasteiger partial charge in [-0.3, -0.25) is 15.0 Å². The molecule has 144 valence electrons. The topological polar surface area (TPSA) is 54.5 Å². The van der Waals surface area contributed by atoms with Gasteiger partial charge in [0.1, 0.15) is 0 Å². The molecule has 2 aliphatic rings. The molecule has 1 atom stereocenters. The lowest BCUT2D eigenvalue weighted by Gasteiger charge is -2.26. The largest absolute Gasteiger partial charge is 0.379 e. The van der Waals surface area contributed by atoms with Crippen LogP contribution in [0, 0.1) is 5.92 Å². The van der Waals surface area contributed by atoms with Gasteiger partial charge in [-0.15, -0.1) is 11.3 Å². The van der Waals surface area contributed by atoms with Gasteiger partial charge >= 0.3 is 0 Å². The average molecular weight is 386 g/mol. The van der Waals surface area contributed by atoms with Crippen molar-refractivity contribution in [3.05, 3.63) is 46.0 Å².